The predicted molar refractivity (Wildman–Crippen MR) is 121 cm³/mol. The van der Waals surface area contributed by atoms with Crippen LogP contribution in [-0.4, -0.2) is 90.6 Å². The fraction of sp³-hybridized carbons (Fsp3) is 0.571. The minimum atomic E-state index is -0.443. The summed E-state index contributed by atoms with van der Waals surface area (Å²) in [4.78, 5) is 34.5. The molecular weight excluding hydrogens is 436 g/mol. The number of piperazine rings is 1. The summed E-state index contributed by atoms with van der Waals surface area (Å²) in [6.07, 6.45) is 3.87. The summed E-state index contributed by atoms with van der Waals surface area (Å²) in [5.74, 6) is -0.443. The van der Waals surface area contributed by atoms with Gasteiger partial charge in [-0.1, -0.05) is 17.7 Å². The van der Waals surface area contributed by atoms with Crippen LogP contribution in [0.2, 0.25) is 0 Å². The van der Waals surface area contributed by atoms with Gasteiger partial charge in [0, 0.05) is 51.5 Å². The average molecular weight is 467 g/mol. The van der Waals surface area contributed by atoms with Gasteiger partial charge in [-0.3, -0.25) is 9.69 Å². The number of rotatable bonds is 6. The van der Waals surface area contributed by atoms with E-state index >= 15 is 0 Å². The van der Waals surface area contributed by atoms with Gasteiger partial charge in [-0.25, -0.2) is 4.79 Å². The number of likely N-dealkylation sites (tertiary alicyclic amines) is 1. The lowest BCUT2D eigenvalue weighted by Gasteiger charge is -2.34. The smallest absolute Gasteiger partial charge is 0.410 e. The zero-order valence-corrected chi connectivity index (χ0v) is 19.5. The van der Waals surface area contributed by atoms with Crippen molar-refractivity contribution in [1.82, 2.24) is 25.0 Å². The molecule has 0 spiro atoms. The van der Waals surface area contributed by atoms with E-state index in [4.69, 9.17) is 26.5 Å². The van der Waals surface area contributed by atoms with Crippen molar-refractivity contribution in [2.45, 2.75) is 26.4 Å². The molecule has 1 aromatic rings. The number of allylic oxidation sites excluding steroid dienone is 3. The zero-order chi connectivity index (χ0) is 23.3. The lowest BCUT2D eigenvalue weighted by atomic mass is 10.2. The van der Waals surface area contributed by atoms with Gasteiger partial charge in [-0.15, -0.1) is 0 Å². The number of nitrogens with one attached hydrogen (secondary N) is 1. The summed E-state index contributed by atoms with van der Waals surface area (Å²) < 4.78 is 10.5. The van der Waals surface area contributed by atoms with Gasteiger partial charge in [-0.2, -0.15) is 4.98 Å². The maximum atomic E-state index is 12.4. The van der Waals surface area contributed by atoms with Crippen LogP contribution in [0, 0.1) is 0 Å². The third kappa shape index (κ3) is 6.47. The molecular formula is C21H31ClN6O4. The fourth-order valence-corrected chi connectivity index (χ4v) is 3.78. The minimum absolute atomic E-state index is 0.00424. The largest absolute Gasteiger partial charge is 0.445 e. The van der Waals surface area contributed by atoms with E-state index < -0.39 is 5.91 Å². The molecule has 1 aromatic heterocycles. The Hall–Kier alpha value is -2.56. The third-order valence-corrected chi connectivity index (χ3v) is 6.21. The maximum Gasteiger partial charge on any atom is 0.410 e. The number of carbonyl (C=O) groups is 2. The van der Waals surface area contributed by atoms with E-state index in [1.165, 1.54) is 6.26 Å². The summed E-state index contributed by atoms with van der Waals surface area (Å²) in [7, 11) is 2.03. The Morgan fingerprint density at radius 1 is 1.31 bits per heavy atom. The Bertz CT molecular complexity index is 891. The molecule has 1 atom stereocenters. The number of nitrogens with two attached hydrogens (primary N) is 1. The Labute approximate surface area is 193 Å². The molecule has 3 N–H and O–H groups in total. The van der Waals surface area contributed by atoms with Crippen LogP contribution in [0.3, 0.4) is 0 Å². The van der Waals surface area contributed by atoms with Crippen molar-refractivity contribution in [3.05, 3.63) is 34.3 Å². The standard InChI is InChI=1S/C21H31ClN6O4/c1-14(18(22)15(2)24-19(29)17-13-31-20(23)25-17)4-7-27-8-10-28(11-9-27)21(30)32-16-5-6-26(3)12-16/h4,13,16H,5-12H2,1-3H3,(H2,23,25)(H,24,29)/b14-4-,18-15-. The van der Waals surface area contributed by atoms with E-state index in [9.17, 15) is 9.59 Å². The average Bonchev–Trinajstić information content (AvgIpc) is 3.39. The second-order valence-electron chi connectivity index (χ2n) is 8.20. The predicted octanol–water partition coefficient (Wildman–Crippen LogP) is 1.86. The zero-order valence-electron chi connectivity index (χ0n) is 18.8. The van der Waals surface area contributed by atoms with Gasteiger partial charge in [-0.05, 0) is 32.9 Å². The number of ether oxygens (including phenoxy) is 1. The quantitative estimate of drug-likeness (QED) is 0.610. The molecule has 3 rings (SSSR count). The minimum Gasteiger partial charge on any atom is -0.445 e. The SMILES string of the molecule is CC(=C/CN1CCN(C(=O)OC2CCN(C)C2)CC1)/C(Cl)=C(\C)NC(=O)c1coc(N)n1. The van der Waals surface area contributed by atoms with E-state index in [1.54, 1.807) is 11.8 Å². The number of hydrogen-bond donors (Lipinski definition) is 2. The lowest BCUT2D eigenvalue weighted by molar-refractivity contribution is 0.0512. The molecule has 11 heteroatoms. The normalized spacial score (nSPS) is 21.4. The second kappa shape index (κ2) is 10.8. The lowest BCUT2D eigenvalue weighted by Crippen LogP contribution is -2.49. The van der Waals surface area contributed by atoms with Crippen molar-refractivity contribution in [2.24, 2.45) is 0 Å². The molecule has 1 unspecified atom stereocenters. The van der Waals surface area contributed by atoms with Crippen molar-refractivity contribution in [2.75, 3.05) is 58.6 Å². The van der Waals surface area contributed by atoms with E-state index in [2.05, 4.69) is 20.1 Å². The van der Waals surface area contributed by atoms with Gasteiger partial charge in [0.2, 0.25) is 0 Å². The summed E-state index contributed by atoms with van der Waals surface area (Å²) in [6.45, 7) is 8.85. The molecule has 0 saturated carbocycles. The highest BCUT2D eigenvalue weighted by Gasteiger charge is 2.27. The van der Waals surface area contributed by atoms with E-state index in [-0.39, 0.29) is 23.9 Å². The Balaban J connectivity index is 1.44. The van der Waals surface area contributed by atoms with Crippen LogP contribution in [-0.2, 0) is 4.74 Å². The summed E-state index contributed by atoms with van der Waals surface area (Å²) >= 11 is 6.43. The van der Waals surface area contributed by atoms with Crippen LogP contribution < -0.4 is 11.1 Å². The third-order valence-electron chi connectivity index (χ3n) is 5.63. The van der Waals surface area contributed by atoms with Crippen molar-refractivity contribution >= 4 is 29.6 Å². The number of carbonyl (C=O) groups excluding carboxylic acids is 2. The van der Waals surface area contributed by atoms with Crippen molar-refractivity contribution < 1.29 is 18.7 Å². The van der Waals surface area contributed by atoms with E-state index in [0.29, 0.717) is 30.4 Å². The fourth-order valence-electron chi connectivity index (χ4n) is 3.65. The number of aromatic nitrogens is 1. The number of hydrogen-bond acceptors (Lipinski definition) is 8. The highest BCUT2D eigenvalue weighted by atomic mass is 35.5. The molecule has 2 saturated heterocycles. The molecule has 0 aromatic carbocycles. The van der Waals surface area contributed by atoms with Crippen LogP contribution in [0.4, 0.5) is 10.8 Å². The Kier molecular flexibility index (Phi) is 8.16. The van der Waals surface area contributed by atoms with Crippen LogP contribution in [0.5, 0.6) is 0 Å². The molecule has 2 amide bonds. The van der Waals surface area contributed by atoms with Crippen molar-refractivity contribution in [3.8, 4) is 0 Å². The van der Waals surface area contributed by atoms with Gasteiger partial charge < -0.3 is 30.0 Å². The van der Waals surface area contributed by atoms with E-state index in [1.807, 2.05) is 20.0 Å². The van der Waals surface area contributed by atoms with E-state index in [0.717, 1.165) is 38.2 Å². The monoisotopic (exact) mass is 466 g/mol. The number of anilines is 1. The number of nitrogen functional groups attached to an aromatic ring is 1. The molecule has 0 bridgehead atoms. The summed E-state index contributed by atoms with van der Waals surface area (Å²) in [5, 5.41) is 3.15. The van der Waals surface area contributed by atoms with Gasteiger partial charge >= 0.3 is 6.09 Å². The van der Waals surface area contributed by atoms with Gasteiger partial charge in [0.05, 0.1) is 5.03 Å². The van der Waals surface area contributed by atoms with Crippen LogP contribution >= 0.6 is 11.6 Å². The highest BCUT2D eigenvalue weighted by Crippen LogP contribution is 2.19. The second-order valence-corrected chi connectivity index (χ2v) is 8.57. The Morgan fingerprint density at radius 2 is 2.03 bits per heavy atom. The summed E-state index contributed by atoms with van der Waals surface area (Å²) in [5.41, 5.74) is 6.83. The van der Waals surface area contributed by atoms with Crippen molar-refractivity contribution in [3.63, 3.8) is 0 Å². The topological polar surface area (TPSA) is 117 Å². The van der Waals surface area contributed by atoms with Crippen LogP contribution in [0.1, 0.15) is 30.8 Å². The first kappa shape index (κ1) is 24.1. The van der Waals surface area contributed by atoms with Crippen LogP contribution in [0.15, 0.2) is 33.1 Å². The molecule has 0 aliphatic carbocycles. The number of amides is 2. The maximum absolute atomic E-state index is 12.4. The number of likely N-dealkylation sites (N-methyl/N-ethyl adjacent to an activating group) is 1. The molecule has 10 nitrogen and oxygen atoms in total. The molecule has 32 heavy (non-hydrogen) atoms. The first-order valence-corrected chi connectivity index (χ1v) is 11.0. The molecule has 0 radical (unpaired) electrons. The van der Waals surface area contributed by atoms with Gasteiger partial charge in [0.1, 0.15) is 12.4 Å². The van der Waals surface area contributed by atoms with Gasteiger partial charge in [0.25, 0.3) is 11.9 Å². The number of oxazole rings is 1. The number of nitrogens with zero attached hydrogens (tertiary/aromatic N) is 4. The Morgan fingerprint density at radius 3 is 2.62 bits per heavy atom. The molecule has 3 heterocycles. The first-order chi connectivity index (χ1) is 15.2. The van der Waals surface area contributed by atoms with Crippen molar-refractivity contribution in [1.29, 1.82) is 0 Å². The summed E-state index contributed by atoms with van der Waals surface area (Å²) in [6, 6.07) is -0.0709. The highest BCUT2D eigenvalue weighted by molar-refractivity contribution is 6.32. The van der Waals surface area contributed by atoms with Gasteiger partial charge in [0.15, 0.2) is 5.69 Å². The molecule has 176 valence electrons. The number of halogens is 1. The molecule has 2 aliphatic rings. The first-order valence-electron chi connectivity index (χ1n) is 10.6. The van der Waals surface area contributed by atoms with Crippen LogP contribution in [0.25, 0.3) is 0 Å². The molecule has 2 fully saturated rings. The molecule has 2 aliphatic heterocycles.